The molecule has 1 aliphatic rings. The van der Waals surface area contributed by atoms with E-state index < -0.39 is 5.97 Å². The Labute approximate surface area is 124 Å². The van der Waals surface area contributed by atoms with Gasteiger partial charge in [0.25, 0.3) is 0 Å². The predicted molar refractivity (Wildman–Crippen MR) is 78.3 cm³/mol. The molecule has 0 bridgehead atoms. The maximum Gasteiger partial charge on any atom is 0.305 e. The van der Waals surface area contributed by atoms with Crippen LogP contribution in [0.2, 0.25) is 0 Å². The first-order valence-corrected chi connectivity index (χ1v) is 7.25. The third kappa shape index (κ3) is 3.97. The van der Waals surface area contributed by atoms with Crippen LogP contribution < -0.4 is 4.74 Å². The Kier molecular flexibility index (Phi) is 5.20. The van der Waals surface area contributed by atoms with Gasteiger partial charge in [0, 0.05) is 19.0 Å². The topological polar surface area (TPSA) is 66.8 Å². The molecule has 1 saturated heterocycles. The molecule has 1 heterocycles. The monoisotopic (exact) mass is 291 g/mol. The third-order valence-electron chi connectivity index (χ3n) is 3.91. The predicted octanol–water partition coefficient (Wildman–Crippen LogP) is 2.09. The molecule has 5 heteroatoms. The Morgan fingerprint density at radius 2 is 2.14 bits per heavy atom. The second kappa shape index (κ2) is 7.11. The highest BCUT2D eigenvalue weighted by atomic mass is 16.5. The lowest BCUT2D eigenvalue weighted by molar-refractivity contribution is -0.139. The number of hydrogen-bond acceptors (Lipinski definition) is 3. The van der Waals surface area contributed by atoms with Gasteiger partial charge in [0.05, 0.1) is 13.5 Å². The van der Waals surface area contributed by atoms with Crippen molar-refractivity contribution in [2.45, 2.75) is 38.1 Å². The van der Waals surface area contributed by atoms with Gasteiger partial charge in [-0.1, -0.05) is 18.2 Å². The fourth-order valence-electron chi connectivity index (χ4n) is 2.87. The number of benzene rings is 1. The fourth-order valence-corrected chi connectivity index (χ4v) is 2.87. The zero-order chi connectivity index (χ0) is 15.2. The Hall–Kier alpha value is -2.04. The molecule has 5 nitrogen and oxygen atoms in total. The highest BCUT2D eigenvalue weighted by Gasteiger charge is 2.29. The SMILES string of the molecule is COc1ccccc1CCC(=O)N1CCCC1CC(=O)O. The smallest absolute Gasteiger partial charge is 0.305 e. The Bertz CT molecular complexity index is 515. The molecule has 1 aromatic carbocycles. The number of carboxylic acid groups (broad SMARTS) is 1. The van der Waals surface area contributed by atoms with Crippen molar-refractivity contribution in [2.24, 2.45) is 0 Å². The molecule has 1 N–H and O–H groups in total. The van der Waals surface area contributed by atoms with Crippen LogP contribution in [0.15, 0.2) is 24.3 Å². The minimum absolute atomic E-state index is 0.0321. The summed E-state index contributed by atoms with van der Waals surface area (Å²) in [5.41, 5.74) is 1.00. The number of ether oxygens (including phenoxy) is 1. The summed E-state index contributed by atoms with van der Waals surface area (Å²) in [5, 5.41) is 8.90. The van der Waals surface area contributed by atoms with E-state index >= 15 is 0 Å². The van der Waals surface area contributed by atoms with Gasteiger partial charge in [-0.2, -0.15) is 0 Å². The number of likely N-dealkylation sites (tertiary alicyclic amines) is 1. The van der Waals surface area contributed by atoms with Crippen LogP contribution in [0.3, 0.4) is 0 Å². The first kappa shape index (κ1) is 15.4. The summed E-state index contributed by atoms with van der Waals surface area (Å²) in [7, 11) is 1.62. The summed E-state index contributed by atoms with van der Waals surface area (Å²) in [6, 6.07) is 7.50. The standard InChI is InChI=1S/C16H21NO4/c1-21-14-7-3-2-5-12(14)8-9-15(18)17-10-4-6-13(17)11-16(19)20/h2-3,5,7,13H,4,6,8-11H2,1H3,(H,19,20). The lowest BCUT2D eigenvalue weighted by atomic mass is 10.1. The number of methoxy groups -OCH3 is 1. The molecule has 1 unspecified atom stereocenters. The van der Waals surface area contributed by atoms with Gasteiger partial charge in [-0.15, -0.1) is 0 Å². The van der Waals surface area contributed by atoms with Crippen LogP contribution in [0.1, 0.15) is 31.2 Å². The third-order valence-corrected chi connectivity index (χ3v) is 3.91. The molecule has 1 aromatic rings. The molecule has 0 radical (unpaired) electrons. The summed E-state index contributed by atoms with van der Waals surface area (Å²) in [5.74, 6) is -0.0251. The molecule has 1 aliphatic heterocycles. The van der Waals surface area contributed by atoms with Crippen LogP contribution in [0.25, 0.3) is 0 Å². The highest BCUT2D eigenvalue weighted by Crippen LogP contribution is 2.23. The zero-order valence-electron chi connectivity index (χ0n) is 12.2. The number of rotatable bonds is 6. The maximum atomic E-state index is 12.3. The van der Waals surface area contributed by atoms with Crippen molar-refractivity contribution in [3.63, 3.8) is 0 Å². The number of para-hydroxylation sites is 1. The molecule has 1 atom stereocenters. The van der Waals surface area contributed by atoms with Crippen molar-refractivity contribution in [1.82, 2.24) is 4.90 Å². The lowest BCUT2D eigenvalue weighted by Gasteiger charge is -2.23. The summed E-state index contributed by atoms with van der Waals surface area (Å²) in [6.07, 6.45) is 2.71. The number of carbonyl (C=O) groups is 2. The minimum atomic E-state index is -0.843. The molecule has 1 amide bonds. The number of aliphatic carboxylic acids is 1. The molecule has 0 aromatic heterocycles. The molecular formula is C16H21NO4. The molecule has 21 heavy (non-hydrogen) atoms. The maximum absolute atomic E-state index is 12.3. The second-order valence-electron chi connectivity index (χ2n) is 5.29. The van der Waals surface area contributed by atoms with Crippen molar-refractivity contribution < 1.29 is 19.4 Å². The average Bonchev–Trinajstić information content (AvgIpc) is 2.92. The minimum Gasteiger partial charge on any atom is -0.496 e. The molecule has 114 valence electrons. The number of amides is 1. The Morgan fingerprint density at radius 1 is 1.38 bits per heavy atom. The normalized spacial score (nSPS) is 17.8. The van der Waals surface area contributed by atoms with Crippen LogP contribution in [0.5, 0.6) is 5.75 Å². The van der Waals surface area contributed by atoms with Crippen molar-refractivity contribution in [2.75, 3.05) is 13.7 Å². The van der Waals surface area contributed by atoms with E-state index in [4.69, 9.17) is 9.84 Å². The summed E-state index contributed by atoms with van der Waals surface area (Å²) >= 11 is 0. The number of carboxylic acids is 1. The number of hydrogen-bond donors (Lipinski definition) is 1. The van der Waals surface area contributed by atoms with Gasteiger partial charge in [0.15, 0.2) is 0 Å². The van der Waals surface area contributed by atoms with Gasteiger partial charge in [0.2, 0.25) is 5.91 Å². The number of carbonyl (C=O) groups excluding carboxylic acids is 1. The van der Waals surface area contributed by atoms with Gasteiger partial charge in [-0.25, -0.2) is 0 Å². The van der Waals surface area contributed by atoms with Gasteiger partial charge < -0.3 is 14.7 Å². The zero-order valence-corrected chi connectivity index (χ0v) is 12.2. The van der Waals surface area contributed by atoms with Crippen molar-refractivity contribution in [3.05, 3.63) is 29.8 Å². The van der Waals surface area contributed by atoms with Gasteiger partial charge in [0.1, 0.15) is 5.75 Å². The van der Waals surface area contributed by atoms with Crippen molar-refractivity contribution in [1.29, 1.82) is 0 Å². The first-order valence-electron chi connectivity index (χ1n) is 7.25. The molecule has 2 rings (SSSR count). The molecule has 0 saturated carbocycles. The van der Waals surface area contributed by atoms with Crippen LogP contribution in [0, 0.1) is 0 Å². The summed E-state index contributed by atoms with van der Waals surface area (Å²) in [4.78, 5) is 24.9. The molecular weight excluding hydrogens is 270 g/mol. The Balaban J connectivity index is 1.93. The summed E-state index contributed by atoms with van der Waals surface area (Å²) < 4.78 is 5.27. The fraction of sp³-hybridized carbons (Fsp3) is 0.500. The number of nitrogens with zero attached hydrogens (tertiary/aromatic N) is 1. The van der Waals surface area contributed by atoms with Gasteiger partial charge in [-0.3, -0.25) is 9.59 Å². The summed E-state index contributed by atoms with van der Waals surface area (Å²) in [6.45, 7) is 0.669. The van der Waals surface area contributed by atoms with Crippen molar-refractivity contribution in [3.8, 4) is 5.75 Å². The lowest BCUT2D eigenvalue weighted by Crippen LogP contribution is -2.36. The van der Waals surface area contributed by atoms with Crippen LogP contribution in [0.4, 0.5) is 0 Å². The van der Waals surface area contributed by atoms with E-state index in [1.807, 2.05) is 24.3 Å². The van der Waals surface area contributed by atoms with E-state index in [1.54, 1.807) is 12.0 Å². The van der Waals surface area contributed by atoms with E-state index in [2.05, 4.69) is 0 Å². The highest BCUT2D eigenvalue weighted by molar-refractivity contribution is 5.78. The quantitative estimate of drug-likeness (QED) is 0.871. The second-order valence-corrected chi connectivity index (χ2v) is 5.29. The Morgan fingerprint density at radius 3 is 2.86 bits per heavy atom. The van der Waals surface area contributed by atoms with E-state index in [9.17, 15) is 9.59 Å². The van der Waals surface area contributed by atoms with E-state index in [0.717, 1.165) is 24.2 Å². The van der Waals surface area contributed by atoms with Crippen LogP contribution >= 0.6 is 0 Å². The molecule has 0 spiro atoms. The largest absolute Gasteiger partial charge is 0.496 e. The van der Waals surface area contributed by atoms with Crippen LogP contribution in [-0.2, 0) is 16.0 Å². The van der Waals surface area contributed by atoms with Crippen molar-refractivity contribution >= 4 is 11.9 Å². The van der Waals surface area contributed by atoms with E-state index in [-0.39, 0.29) is 18.4 Å². The van der Waals surface area contributed by atoms with Crippen LogP contribution in [-0.4, -0.2) is 41.6 Å². The van der Waals surface area contributed by atoms with Gasteiger partial charge in [-0.05, 0) is 30.9 Å². The van der Waals surface area contributed by atoms with Gasteiger partial charge >= 0.3 is 5.97 Å². The first-order chi connectivity index (χ1) is 10.1. The van der Waals surface area contributed by atoms with E-state index in [0.29, 0.717) is 19.4 Å². The molecule has 1 fully saturated rings. The average molecular weight is 291 g/mol. The molecule has 0 aliphatic carbocycles. The van der Waals surface area contributed by atoms with E-state index in [1.165, 1.54) is 0 Å². The number of aryl methyl sites for hydroxylation is 1.